The number of aryl methyl sites for hydroxylation is 1. The summed E-state index contributed by atoms with van der Waals surface area (Å²) in [4.78, 5) is 19.3. The molecular formula is C18H19Cl2N3O. The Morgan fingerprint density at radius 1 is 1.29 bits per heavy atom. The second-order valence-corrected chi connectivity index (χ2v) is 6.85. The van der Waals surface area contributed by atoms with Crippen LogP contribution in [0.25, 0.3) is 11.0 Å². The van der Waals surface area contributed by atoms with Crippen LogP contribution in [0.3, 0.4) is 0 Å². The molecule has 1 aromatic heterocycles. The molecule has 1 aliphatic carbocycles. The molecule has 0 bridgehead atoms. The van der Waals surface area contributed by atoms with Gasteiger partial charge in [0.2, 0.25) is 5.91 Å². The van der Waals surface area contributed by atoms with Crippen molar-refractivity contribution in [3.05, 3.63) is 50.8 Å². The molecule has 6 heteroatoms. The lowest BCUT2D eigenvalue weighted by atomic mass is 10.0. The van der Waals surface area contributed by atoms with Crippen LogP contribution in [0.4, 0.5) is 0 Å². The van der Waals surface area contributed by atoms with Gasteiger partial charge in [-0.15, -0.1) is 0 Å². The highest BCUT2D eigenvalue weighted by Gasteiger charge is 2.18. The molecule has 126 valence electrons. The minimum absolute atomic E-state index is 0.326. The highest BCUT2D eigenvalue weighted by molar-refractivity contribution is 6.42. The third-order valence-corrected chi connectivity index (χ3v) is 5.07. The maximum Gasteiger partial charge on any atom is 0.248 e. The third-order valence-electron chi connectivity index (χ3n) is 4.35. The Morgan fingerprint density at radius 2 is 2.04 bits per heavy atom. The van der Waals surface area contributed by atoms with Crippen LogP contribution in [-0.4, -0.2) is 15.9 Å². The van der Waals surface area contributed by atoms with Crippen molar-refractivity contribution in [2.45, 2.75) is 39.0 Å². The van der Waals surface area contributed by atoms with E-state index in [0.29, 0.717) is 15.6 Å². The summed E-state index contributed by atoms with van der Waals surface area (Å²) >= 11 is 12.0. The zero-order chi connectivity index (χ0) is 17.3. The number of nitrogens with two attached hydrogens (primary N) is 1. The van der Waals surface area contributed by atoms with Crippen molar-refractivity contribution in [2.24, 2.45) is 5.73 Å². The summed E-state index contributed by atoms with van der Waals surface area (Å²) in [5, 5.41) is 1.03. The molecule has 0 fully saturated rings. The van der Waals surface area contributed by atoms with Gasteiger partial charge in [0.15, 0.2) is 0 Å². The lowest BCUT2D eigenvalue weighted by Gasteiger charge is -2.03. The fourth-order valence-corrected chi connectivity index (χ4v) is 3.43. The van der Waals surface area contributed by atoms with Gasteiger partial charge in [-0.3, -0.25) is 4.79 Å². The average molecular weight is 364 g/mol. The Bertz CT molecular complexity index is 826. The van der Waals surface area contributed by atoms with Crippen LogP contribution in [0, 0.1) is 0 Å². The van der Waals surface area contributed by atoms with Crippen LogP contribution in [0.5, 0.6) is 0 Å². The predicted molar refractivity (Wildman–Crippen MR) is 98.3 cm³/mol. The first-order valence-electron chi connectivity index (χ1n) is 8.02. The lowest BCUT2D eigenvalue weighted by Crippen LogP contribution is -2.12. The van der Waals surface area contributed by atoms with Crippen LogP contribution in [0.15, 0.2) is 34.9 Å². The number of H-pyrrole nitrogens is 1. The number of halogens is 2. The fourth-order valence-electron chi connectivity index (χ4n) is 3.11. The zero-order valence-corrected chi connectivity index (χ0v) is 15.0. The minimum Gasteiger partial charge on any atom is -0.366 e. The molecule has 0 unspecified atom stereocenters. The molecule has 24 heavy (non-hydrogen) atoms. The summed E-state index contributed by atoms with van der Waals surface area (Å²) in [5.41, 5.74) is 10.3. The van der Waals surface area contributed by atoms with Gasteiger partial charge in [-0.2, -0.15) is 0 Å². The van der Waals surface area contributed by atoms with Crippen molar-refractivity contribution in [3.63, 3.8) is 0 Å². The number of nitrogens with one attached hydrogen (secondary N) is 1. The molecule has 0 aliphatic heterocycles. The highest BCUT2D eigenvalue weighted by atomic mass is 35.5. The summed E-state index contributed by atoms with van der Waals surface area (Å²) in [6.45, 7) is 2.06. The molecule has 3 N–H and O–H groups in total. The second kappa shape index (κ2) is 6.99. The maximum absolute atomic E-state index is 11.4. The van der Waals surface area contributed by atoms with E-state index in [9.17, 15) is 4.79 Å². The van der Waals surface area contributed by atoms with E-state index in [1.807, 2.05) is 6.08 Å². The standard InChI is InChI=1S/C18H19Cl2N3O/c1-2-11-6-10(7-12(11)18(21)24)4-3-5-17-22-15-8-13(19)14(20)9-16(15)23-17/h7-9H,2-6H2,1H3,(H2,21,24)(H,22,23). The van der Waals surface area contributed by atoms with E-state index in [2.05, 4.69) is 16.9 Å². The van der Waals surface area contributed by atoms with E-state index < -0.39 is 0 Å². The molecule has 1 amide bonds. The Balaban J connectivity index is 1.62. The van der Waals surface area contributed by atoms with Gasteiger partial charge in [-0.05, 0) is 43.9 Å². The molecule has 4 nitrogen and oxygen atoms in total. The number of imidazole rings is 1. The van der Waals surface area contributed by atoms with Crippen LogP contribution < -0.4 is 5.73 Å². The quantitative estimate of drug-likeness (QED) is 0.779. The second-order valence-electron chi connectivity index (χ2n) is 6.03. The average Bonchev–Trinajstić information content (AvgIpc) is 3.11. The summed E-state index contributed by atoms with van der Waals surface area (Å²) in [7, 11) is 0. The SMILES string of the molecule is CCC1=C(C(N)=O)C=C(CCCc2nc3cc(Cl)c(Cl)cc3[nH]2)C1. The largest absolute Gasteiger partial charge is 0.366 e. The molecule has 0 atom stereocenters. The van der Waals surface area contributed by atoms with Gasteiger partial charge in [-0.25, -0.2) is 4.98 Å². The maximum atomic E-state index is 11.4. The van der Waals surface area contributed by atoms with Crippen LogP contribution in [-0.2, 0) is 11.2 Å². The summed E-state index contributed by atoms with van der Waals surface area (Å²) in [5.74, 6) is 0.591. The van der Waals surface area contributed by atoms with Gasteiger partial charge in [0.1, 0.15) is 5.82 Å². The van der Waals surface area contributed by atoms with Crippen molar-refractivity contribution in [3.8, 4) is 0 Å². The van der Waals surface area contributed by atoms with Crippen LogP contribution >= 0.6 is 23.2 Å². The van der Waals surface area contributed by atoms with Gasteiger partial charge in [0.25, 0.3) is 0 Å². The van der Waals surface area contributed by atoms with Crippen molar-refractivity contribution in [1.29, 1.82) is 0 Å². The van der Waals surface area contributed by atoms with E-state index in [4.69, 9.17) is 28.9 Å². The van der Waals surface area contributed by atoms with E-state index in [1.165, 1.54) is 5.57 Å². The number of amides is 1. The van der Waals surface area contributed by atoms with Gasteiger partial charge >= 0.3 is 0 Å². The van der Waals surface area contributed by atoms with E-state index in [-0.39, 0.29) is 5.91 Å². The van der Waals surface area contributed by atoms with E-state index in [0.717, 1.165) is 54.5 Å². The van der Waals surface area contributed by atoms with Gasteiger partial charge in [0.05, 0.1) is 21.1 Å². The van der Waals surface area contributed by atoms with Crippen LogP contribution in [0.2, 0.25) is 10.0 Å². The molecule has 3 rings (SSSR count). The normalized spacial score (nSPS) is 14.5. The minimum atomic E-state index is -0.326. The highest BCUT2D eigenvalue weighted by Crippen LogP contribution is 2.31. The molecule has 0 saturated carbocycles. The fraction of sp³-hybridized carbons (Fsp3) is 0.333. The lowest BCUT2D eigenvalue weighted by molar-refractivity contribution is -0.114. The van der Waals surface area contributed by atoms with Crippen molar-refractivity contribution >= 4 is 40.1 Å². The number of fused-ring (bicyclic) bond motifs is 1. The first kappa shape index (κ1) is 17.1. The number of aromatic amines is 1. The number of aromatic nitrogens is 2. The summed E-state index contributed by atoms with van der Waals surface area (Å²) in [6.07, 6.45) is 6.40. The smallest absolute Gasteiger partial charge is 0.248 e. The molecule has 0 spiro atoms. The van der Waals surface area contributed by atoms with Crippen LogP contribution in [0.1, 0.15) is 38.4 Å². The molecule has 1 heterocycles. The third kappa shape index (κ3) is 3.50. The molecule has 0 radical (unpaired) electrons. The monoisotopic (exact) mass is 363 g/mol. The number of hydrogen-bond acceptors (Lipinski definition) is 2. The summed E-state index contributed by atoms with van der Waals surface area (Å²) in [6, 6.07) is 3.57. The zero-order valence-electron chi connectivity index (χ0n) is 13.5. The predicted octanol–water partition coefficient (Wildman–Crippen LogP) is 4.71. The van der Waals surface area contributed by atoms with Crippen molar-refractivity contribution in [2.75, 3.05) is 0 Å². The topological polar surface area (TPSA) is 71.8 Å². The number of carbonyl (C=O) groups excluding carboxylic acids is 1. The Kier molecular flexibility index (Phi) is 4.97. The molecule has 1 aliphatic rings. The van der Waals surface area contributed by atoms with Gasteiger partial charge in [0, 0.05) is 12.0 Å². The first-order chi connectivity index (χ1) is 11.5. The number of rotatable bonds is 6. The Morgan fingerprint density at radius 3 is 2.71 bits per heavy atom. The number of nitrogens with zero attached hydrogens (tertiary/aromatic N) is 1. The van der Waals surface area contributed by atoms with Crippen molar-refractivity contribution in [1.82, 2.24) is 9.97 Å². The number of allylic oxidation sites excluding steroid dienone is 2. The Hall–Kier alpha value is -1.78. The molecular weight excluding hydrogens is 345 g/mol. The van der Waals surface area contributed by atoms with Gasteiger partial charge < -0.3 is 10.7 Å². The van der Waals surface area contributed by atoms with E-state index in [1.54, 1.807) is 12.1 Å². The Labute approximate surface area is 150 Å². The number of carbonyl (C=O) groups is 1. The first-order valence-corrected chi connectivity index (χ1v) is 8.78. The molecule has 1 aromatic carbocycles. The summed E-state index contributed by atoms with van der Waals surface area (Å²) < 4.78 is 0. The number of hydrogen-bond donors (Lipinski definition) is 2. The number of primary amides is 1. The van der Waals surface area contributed by atoms with Crippen molar-refractivity contribution < 1.29 is 4.79 Å². The number of benzene rings is 1. The van der Waals surface area contributed by atoms with E-state index >= 15 is 0 Å². The molecule has 0 saturated heterocycles. The van der Waals surface area contributed by atoms with Gasteiger partial charge in [-0.1, -0.05) is 41.3 Å². The molecule has 2 aromatic rings.